The Morgan fingerprint density at radius 1 is 1.53 bits per heavy atom. The lowest BCUT2D eigenvalue weighted by molar-refractivity contribution is -0.124. The highest BCUT2D eigenvalue weighted by molar-refractivity contribution is 6.31. The Bertz CT molecular complexity index is 385. The SMILES string of the molecule is COCC(N)C(=O)NC(C)c1ccccc1Cl. The Hall–Kier alpha value is -1.10. The van der Waals surface area contributed by atoms with Crippen molar-refractivity contribution in [1.29, 1.82) is 0 Å². The molecule has 0 spiro atoms. The number of hydrogen-bond donors (Lipinski definition) is 2. The quantitative estimate of drug-likeness (QED) is 0.839. The first-order valence-electron chi connectivity index (χ1n) is 5.35. The van der Waals surface area contributed by atoms with Crippen LogP contribution in [-0.4, -0.2) is 25.7 Å². The molecular formula is C12H17ClN2O2. The largest absolute Gasteiger partial charge is 0.383 e. The van der Waals surface area contributed by atoms with Gasteiger partial charge in [-0.05, 0) is 18.6 Å². The lowest BCUT2D eigenvalue weighted by Gasteiger charge is -2.18. The average molecular weight is 257 g/mol. The van der Waals surface area contributed by atoms with Crippen LogP contribution >= 0.6 is 11.6 Å². The van der Waals surface area contributed by atoms with Crippen LogP contribution in [0, 0.1) is 0 Å². The maximum Gasteiger partial charge on any atom is 0.239 e. The number of hydrogen-bond acceptors (Lipinski definition) is 3. The molecule has 0 aliphatic carbocycles. The zero-order valence-electron chi connectivity index (χ0n) is 9.94. The van der Waals surface area contributed by atoms with Crippen LogP contribution in [-0.2, 0) is 9.53 Å². The standard InChI is InChI=1S/C12H17ClN2O2/c1-8(9-5-3-4-6-10(9)13)15-12(16)11(14)7-17-2/h3-6,8,11H,7,14H2,1-2H3,(H,15,16). The molecule has 0 aromatic heterocycles. The van der Waals surface area contributed by atoms with Crippen LogP contribution in [0.1, 0.15) is 18.5 Å². The van der Waals surface area contributed by atoms with Crippen LogP contribution < -0.4 is 11.1 Å². The van der Waals surface area contributed by atoms with Gasteiger partial charge in [-0.3, -0.25) is 4.79 Å². The maximum absolute atomic E-state index is 11.7. The summed E-state index contributed by atoms with van der Waals surface area (Å²) in [6, 6.07) is 6.53. The van der Waals surface area contributed by atoms with E-state index in [1.165, 1.54) is 7.11 Å². The number of rotatable bonds is 5. The van der Waals surface area contributed by atoms with Crippen molar-refractivity contribution in [2.24, 2.45) is 5.73 Å². The fraction of sp³-hybridized carbons (Fsp3) is 0.417. The third-order valence-corrected chi connectivity index (χ3v) is 2.76. The van der Waals surface area contributed by atoms with Gasteiger partial charge in [-0.2, -0.15) is 0 Å². The Balaban J connectivity index is 2.63. The monoisotopic (exact) mass is 256 g/mol. The van der Waals surface area contributed by atoms with Crippen LogP contribution in [0.15, 0.2) is 24.3 Å². The van der Waals surface area contributed by atoms with Gasteiger partial charge in [0.05, 0.1) is 12.6 Å². The van der Waals surface area contributed by atoms with Crippen molar-refractivity contribution in [3.05, 3.63) is 34.9 Å². The van der Waals surface area contributed by atoms with E-state index in [4.69, 9.17) is 22.1 Å². The molecule has 1 amide bonds. The summed E-state index contributed by atoms with van der Waals surface area (Å²) in [7, 11) is 1.50. The normalized spacial score (nSPS) is 14.1. The molecule has 94 valence electrons. The molecule has 0 saturated heterocycles. The van der Waals surface area contributed by atoms with Gasteiger partial charge in [-0.1, -0.05) is 29.8 Å². The van der Waals surface area contributed by atoms with Crippen LogP contribution in [0.5, 0.6) is 0 Å². The first kappa shape index (κ1) is 14.0. The van der Waals surface area contributed by atoms with E-state index < -0.39 is 6.04 Å². The highest BCUT2D eigenvalue weighted by atomic mass is 35.5. The number of methoxy groups -OCH3 is 1. The molecule has 2 unspecified atom stereocenters. The van der Waals surface area contributed by atoms with Gasteiger partial charge in [0.15, 0.2) is 0 Å². The van der Waals surface area contributed by atoms with Crippen molar-refractivity contribution in [3.8, 4) is 0 Å². The number of carbonyl (C=O) groups is 1. The van der Waals surface area contributed by atoms with E-state index in [1.54, 1.807) is 6.07 Å². The van der Waals surface area contributed by atoms with Crippen molar-refractivity contribution in [3.63, 3.8) is 0 Å². The van der Waals surface area contributed by atoms with E-state index >= 15 is 0 Å². The fourth-order valence-corrected chi connectivity index (χ4v) is 1.78. The number of nitrogens with two attached hydrogens (primary N) is 1. The molecule has 0 saturated carbocycles. The van der Waals surface area contributed by atoms with Crippen molar-refractivity contribution >= 4 is 17.5 Å². The number of nitrogens with one attached hydrogen (secondary N) is 1. The Labute approximate surface area is 106 Å². The summed E-state index contributed by atoms with van der Waals surface area (Å²) in [4.78, 5) is 11.7. The zero-order chi connectivity index (χ0) is 12.8. The molecule has 0 bridgehead atoms. The predicted octanol–water partition coefficient (Wildman–Crippen LogP) is 1.49. The molecule has 0 aliphatic heterocycles. The van der Waals surface area contributed by atoms with E-state index in [0.29, 0.717) is 5.02 Å². The Kier molecular flexibility index (Phi) is 5.41. The maximum atomic E-state index is 11.7. The summed E-state index contributed by atoms with van der Waals surface area (Å²) in [5.74, 6) is -0.251. The summed E-state index contributed by atoms with van der Waals surface area (Å²) in [6.45, 7) is 2.06. The molecule has 3 N–H and O–H groups in total. The third kappa shape index (κ3) is 4.00. The molecule has 4 nitrogen and oxygen atoms in total. The van der Waals surface area contributed by atoms with E-state index in [9.17, 15) is 4.79 Å². The van der Waals surface area contributed by atoms with Gasteiger partial charge in [-0.15, -0.1) is 0 Å². The van der Waals surface area contributed by atoms with Crippen LogP contribution in [0.4, 0.5) is 0 Å². The predicted molar refractivity (Wildman–Crippen MR) is 67.9 cm³/mol. The number of benzene rings is 1. The number of amides is 1. The van der Waals surface area contributed by atoms with Crippen molar-refractivity contribution < 1.29 is 9.53 Å². The molecule has 0 radical (unpaired) electrons. The van der Waals surface area contributed by atoms with E-state index in [1.807, 2.05) is 25.1 Å². The lowest BCUT2D eigenvalue weighted by Crippen LogP contribution is -2.44. The van der Waals surface area contributed by atoms with E-state index in [-0.39, 0.29) is 18.6 Å². The molecule has 0 aliphatic rings. The van der Waals surface area contributed by atoms with Crippen LogP contribution in [0.3, 0.4) is 0 Å². The molecule has 5 heteroatoms. The molecule has 0 fully saturated rings. The minimum Gasteiger partial charge on any atom is -0.383 e. The molecule has 1 rings (SSSR count). The van der Waals surface area contributed by atoms with E-state index in [0.717, 1.165) is 5.56 Å². The summed E-state index contributed by atoms with van der Waals surface area (Å²) in [5, 5.41) is 3.42. The topological polar surface area (TPSA) is 64.3 Å². The number of ether oxygens (including phenoxy) is 1. The van der Waals surface area contributed by atoms with Gasteiger partial charge in [0.25, 0.3) is 0 Å². The highest BCUT2D eigenvalue weighted by Crippen LogP contribution is 2.21. The summed E-state index contributed by atoms with van der Waals surface area (Å²) in [6.07, 6.45) is 0. The van der Waals surface area contributed by atoms with Crippen LogP contribution in [0.2, 0.25) is 5.02 Å². The fourth-order valence-electron chi connectivity index (χ4n) is 1.48. The highest BCUT2D eigenvalue weighted by Gasteiger charge is 2.17. The minimum absolute atomic E-state index is 0.181. The third-order valence-electron chi connectivity index (χ3n) is 2.41. The first-order chi connectivity index (χ1) is 8.06. The molecule has 1 aromatic rings. The van der Waals surface area contributed by atoms with Crippen molar-refractivity contribution in [2.45, 2.75) is 19.0 Å². The number of halogens is 1. The first-order valence-corrected chi connectivity index (χ1v) is 5.73. The zero-order valence-corrected chi connectivity index (χ0v) is 10.7. The van der Waals surface area contributed by atoms with Gasteiger partial charge in [0.1, 0.15) is 6.04 Å². The Morgan fingerprint density at radius 3 is 2.76 bits per heavy atom. The van der Waals surface area contributed by atoms with Gasteiger partial charge in [0, 0.05) is 12.1 Å². The summed E-state index contributed by atoms with van der Waals surface area (Å²) >= 11 is 6.04. The molecule has 1 aromatic carbocycles. The van der Waals surface area contributed by atoms with Crippen molar-refractivity contribution in [1.82, 2.24) is 5.32 Å². The van der Waals surface area contributed by atoms with Gasteiger partial charge in [-0.25, -0.2) is 0 Å². The molecular weight excluding hydrogens is 240 g/mol. The van der Waals surface area contributed by atoms with Crippen LogP contribution in [0.25, 0.3) is 0 Å². The van der Waals surface area contributed by atoms with Gasteiger partial charge < -0.3 is 15.8 Å². The second-order valence-corrected chi connectivity index (χ2v) is 4.22. The molecule has 17 heavy (non-hydrogen) atoms. The molecule has 2 atom stereocenters. The summed E-state index contributed by atoms with van der Waals surface area (Å²) in [5.41, 5.74) is 6.49. The lowest BCUT2D eigenvalue weighted by atomic mass is 10.1. The van der Waals surface area contributed by atoms with Gasteiger partial charge in [0.2, 0.25) is 5.91 Å². The average Bonchev–Trinajstić information content (AvgIpc) is 2.29. The minimum atomic E-state index is -0.662. The van der Waals surface area contributed by atoms with Crippen molar-refractivity contribution in [2.75, 3.05) is 13.7 Å². The van der Waals surface area contributed by atoms with E-state index in [2.05, 4.69) is 5.32 Å². The second kappa shape index (κ2) is 6.59. The van der Waals surface area contributed by atoms with Gasteiger partial charge >= 0.3 is 0 Å². The number of carbonyl (C=O) groups excluding carboxylic acids is 1. The second-order valence-electron chi connectivity index (χ2n) is 3.81. The smallest absolute Gasteiger partial charge is 0.239 e. The Morgan fingerprint density at radius 2 is 2.18 bits per heavy atom. The molecule has 0 heterocycles. The summed E-state index contributed by atoms with van der Waals surface area (Å²) < 4.78 is 4.82.